The number of hydrogen-bond acceptors (Lipinski definition) is 4. The monoisotopic (exact) mass is 620 g/mol. The Morgan fingerprint density at radius 1 is 0.521 bits per heavy atom. The molecule has 4 heteroatoms. The van der Waals surface area contributed by atoms with Crippen LogP contribution in [0.5, 0.6) is 0 Å². The molecule has 2 unspecified atom stereocenters. The van der Waals surface area contributed by atoms with Gasteiger partial charge in [-0.2, -0.15) is 5.26 Å². The summed E-state index contributed by atoms with van der Waals surface area (Å²) >= 11 is 0. The third-order valence-electron chi connectivity index (χ3n) is 11.5. The van der Waals surface area contributed by atoms with Crippen LogP contribution in [0.4, 0.5) is 0 Å². The topological polar surface area (TPSA) is 62.5 Å². The fraction of sp³-hybridized carbons (Fsp3) is 0.227. The van der Waals surface area contributed by atoms with Crippen LogP contribution in [0, 0.1) is 35.0 Å². The Morgan fingerprint density at radius 2 is 1.00 bits per heavy atom. The lowest BCUT2D eigenvalue weighted by Gasteiger charge is -2.65. The molecule has 5 atom stereocenters. The summed E-state index contributed by atoms with van der Waals surface area (Å²) in [5.41, 5.74) is 9.77. The van der Waals surface area contributed by atoms with Gasteiger partial charge in [0, 0.05) is 16.7 Å². The predicted molar refractivity (Wildman–Crippen MR) is 192 cm³/mol. The van der Waals surface area contributed by atoms with Crippen molar-refractivity contribution in [1.29, 1.82) is 5.26 Å². The van der Waals surface area contributed by atoms with Crippen LogP contribution >= 0.6 is 0 Å². The Bertz CT molecular complexity index is 2150. The van der Waals surface area contributed by atoms with Gasteiger partial charge in [-0.15, -0.1) is 0 Å². The minimum absolute atomic E-state index is 0.299. The standard InChI is InChI=1S/C44H36N4/c1-44(25-37-23-36-24-38(26-44)40(36)37)39-20-18-31(19-21-39)34-8-5-9-35(22-34)43-47-41(32-6-3-2-4-7-32)46-42(48-43)33-16-14-30(15-17-33)29-12-10-28(27-45)11-13-29/h2-22,36-38,40H,23-26H2,1H3/t36-,37+,38-,40?,44?. The second-order valence-corrected chi connectivity index (χ2v) is 14.4. The molecule has 3 fully saturated rings. The Labute approximate surface area is 282 Å². The molecule has 5 aromatic carbocycles. The number of nitrogens with zero attached hydrogens (tertiary/aromatic N) is 4. The molecule has 6 aromatic rings. The van der Waals surface area contributed by atoms with E-state index in [-0.39, 0.29) is 0 Å². The van der Waals surface area contributed by atoms with Gasteiger partial charge in [-0.05, 0) is 101 Å². The van der Waals surface area contributed by atoms with Crippen molar-refractivity contribution in [3.63, 3.8) is 0 Å². The molecule has 0 spiro atoms. The molecule has 0 N–H and O–H groups in total. The zero-order valence-corrected chi connectivity index (χ0v) is 27.1. The van der Waals surface area contributed by atoms with E-state index in [2.05, 4.69) is 85.8 Å². The molecular formula is C44H36N4. The van der Waals surface area contributed by atoms with E-state index in [4.69, 9.17) is 20.2 Å². The number of nitriles is 1. The maximum atomic E-state index is 9.16. The van der Waals surface area contributed by atoms with Gasteiger partial charge in [0.15, 0.2) is 17.5 Å². The Kier molecular flexibility index (Phi) is 6.83. The predicted octanol–water partition coefficient (Wildman–Crippen LogP) is 10.4. The summed E-state index contributed by atoms with van der Waals surface area (Å²) in [6, 6.07) is 46.1. The smallest absolute Gasteiger partial charge is 0.164 e. The third-order valence-corrected chi connectivity index (χ3v) is 11.5. The van der Waals surface area contributed by atoms with Gasteiger partial charge < -0.3 is 0 Å². The second kappa shape index (κ2) is 11.4. The van der Waals surface area contributed by atoms with Crippen molar-refractivity contribution in [3.05, 3.63) is 139 Å². The molecule has 0 amide bonds. The number of hydrogen-bond donors (Lipinski definition) is 0. The highest BCUT2D eigenvalue weighted by molar-refractivity contribution is 5.74. The van der Waals surface area contributed by atoms with Crippen LogP contribution in [0.1, 0.15) is 43.7 Å². The fourth-order valence-corrected chi connectivity index (χ4v) is 8.98. The summed E-state index contributed by atoms with van der Waals surface area (Å²) in [6.45, 7) is 2.51. The number of benzene rings is 5. The molecule has 0 saturated heterocycles. The molecule has 1 aromatic heterocycles. The van der Waals surface area contributed by atoms with Crippen molar-refractivity contribution in [3.8, 4) is 62.5 Å². The highest BCUT2D eigenvalue weighted by atomic mass is 15.0. The van der Waals surface area contributed by atoms with Crippen molar-refractivity contribution in [2.24, 2.45) is 23.7 Å². The molecule has 9 rings (SSSR count). The molecule has 4 nitrogen and oxygen atoms in total. The fourth-order valence-electron chi connectivity index (χ4n) is 8.98. The molecule has 48 heavy (non-hydrogen) atoms. The van der Waals surface area contributed by atoms with E-state index in [0.29, 0.717) is 28.5 Å². The minimum atomic E-state index is 0.299. The van der Waals surface area contributed by atoms with Crippen LogP contribution in [-0.4, -0.2) is 15.0 Å². The van der Waals surface area contributed by atoms with E-state index >= 15 is 0 Å². The quantitative estimate of drug-likeness (QED) is 0.186. The van der Waals surface area contributed by atoms with Crippen LogP contribution in [0.2, 0.25) is 0 Å². The van der Waals surface area contributed by atoms with Gasteiger partial charge in [0.25, 0.3) is 0 Å². The van der Waals surface area contributed by atoms with Gasteiger partial charge in [-0.1, -0.05) is 116 Å². The molecule has 1 heterocycles. The molecule has 3 aliphatic carbocycles. The lowest BCUT2D eigenvalue weighted by atomic mass is 9.39. The van der Waals surface area contributed by atoms with E-state index in [1.165, 1.54) is 36.8 Å². The van der Waals surface area contributed by atoms with Crippen molar-refractivity contribution in [2.75, 3.05) is 0 Å². The second-order valence-electron chi connectivity index (χ2n) is 14.4. The SMILES string of the molecule is CC1(c2ccc(-c3cccc(-c4nc(-c5ccccc5)nc(-c5ccc(-c6ccc(C#N)cc6)cc5)n4)c3)cc2)C[C@H]2C[C@H]3C[C@@H](C1)C32. The highest BCUT2D eigenvalue weighted by Crippen LogP contribution is 2.67. The Balaban J connectivity index is 1.03. The molecule has 3 aliphatic rings. The van der Waals surface area contributed by atoms with Crippen molar-refractivity contribution < 1.29 is 0 Å². The van der Waals surface area contributed by atoms with Gasteiger partial charge in [-0.25, -0.2) is 15.0 Å². The van der Waals surface area contributed by atoms with Crippen molar-refractivity contribution >= 4 is 0 Å². The minimum Gasteiger partial charge on any atom is -0.208 e. The zero-order valence-electron chi connectivity index (χ0n) is 27.1. The van der Waals surface area contributed by atoms with Crippen molar-refractivity contribution in [2.45, 2.75) is 38.0 Å². The van der Waals surface area contributed by atoms with E-state index in [0.717, 1.165) is 57.1 Å². The van der Waals surface area contributed by atoms with Gasteiger partial charge in [0.2, 0.25) is 0 Å². The zero-order chi connectivity index (χ0) is 32.2. The first-order valence-electron chi connectivity index (χ1n) is 17.2. The van der Waals surface area contributed by atoms with Crippen molar-refractivity contribution in [1.82, 2.24) is 15.0 Å². The lowest BCUT2D eigenvalue weighted by Crippen LogP contribution is -2.58. The average Bonchev–Trinajstić information content (AvgIpc) is 3.13. The normalized spacial score (nSPS) is 23.7. The molecule has 0 bridgehead atoms. The molecule has 0 aliphatic heterocycles. The van der Waals surface area contributed by atoms with Gasteiger partial charge in [-0.3, -0.25) is 0 Å². The highest BCUT2D eigenvalue weighted by Gasteiger charge is 2.59. The number of rotatable bonds is 6. The summed E-state index contributed by atoms with van der Waals surface area (Å²) < 4.78 is 0. The van der Waals surface area contributed by atoms with E-state index in [1.54, 1.807) is 0 Å². The number of aromatic nitrogens is 3. The maximum absolute atomic E-state index is 9.16. The van der Waals surface area contributed by atoms with E-state index in [9.17, 15) is 0 Å². The lowest BCUT2D eigenvalue weighted by molar-refractivity contribution is -0.141. The summed E-state index contributed by atoms with van der Waals surface area (Å²) in [7, 11) is 0. The first-order valence-corrected chi connectivity index (χ1v) is 17.2. The third kappa shape index (κ3) is 5.02. The largest absolute Gasteiger partial charge is 0.208 e. The first-order chi connectivity index (χ1) is 23.5. The molecule has 3 saturated carbocycles. The van der Waals surface area contributed by atoms with E-state index in [1.807, 2.05) is 54.6 Å². The molecular weight excluding hydrogens is 585 g/mol. The average molecular weight is 621 g/mol. The maximum Gasteiger partial charge on any atom is 0.164 e. The molecule has 232 valence electrons. The Morgan fingerprint density at radius 3 is 1.60 bits per heavy atom. The summed E-state index contributed by atoms with van der Waals surface area (Å²) in [4.78, 5) is 14.9. The molecule has 0 radical (unpaired) electrons. The van der Waals surface area contributed by atoms with Crippen LogP contribution in [-0.2, 0) is 5.41 Å². The van der Waals surface area contributed by atoms with Crippen LogP contribution in [0.3, 0.4) is 0 Å². The van der Waals surface area contributed by atoms with Gasteiger partial charge in [0.05, 0.1) is 11.6 Å². The first kappa shape index (κ1) is 28.8. The summed E-state index contributed by atoms with van der Waals surface area (Å²) in [6.07, 6.45) is 5.64. The summed E-state index contributed by atoms with van der Waals surface area (Å²) in [5, 5.41) is 9.16. The van der Waals surface area contributed by atoms with Crippen LogP contribution < -0.4 is 0 Å². The van der Waals surface area contributed by atoms with Gasteiger partial charge in [0.1, 0.15) is 0 Å². The van der Waals surface area contributed by atoms with E-state index < -0.39 is 0 Å². The van der Waals surface area contributed by atoms with Crippen LogP contribution in [0.15, 0.2) is 127 Å². The van der Waals surface area contributed by atoms with Gasteiger partial charge >= 0.3 is 0 Å². The summed E-state index contributed by atoms with van der Waals surface area (Å²) in [5.74, 6) is 5.94. The Hall–Kier alpha value is -5.40. The van der Waals surface area contributed by atoms with Crippen LogP contribution in [0.25, 0.3) is 56.4 Å².